The Morgan fingerprint density at radius 3 is 2.25 bits per heavy atom. The normalized spacial score (nSPS) is 22.9. The van der Waals surface area contributed by atoms with Crippen LogP contribution >= 0.6 is 0 Å². The molecule has 7 rings (SSSR count). The lowest BCUT2D eigenvalue weighted by Crippen LogP contribution is -2.54. The van der Waals surface area contributed by atoms with Gasteiger partial charge in [-0.15, -0.1) is 6.58 Å². The van der Waals surface area contributed by atoms with E-state index in [4.69, 9.17) is 18.9 Å². The van der Waals surface area contributed by atoms with Crippen LogP contribution in [0, 0.1) is 23.7 Å². The fraction of sp³-hybridized carbons (Fsp3) is 0.283. The number of esters is 3. The van der Waals surface area contributed by atoms with Gasteiger partial charge in [-0.25, -0.2) is 0 Å². The van der Waals surface area contributed by atoms with Crippen molar-refractivity contribution < 1.29 is 48.0 Å². The van der Waals surface area contributed by atoms with Crippen LogP contribution in [-0.4, -0.2) is 79.7 Å². The predicted molar refractivity (Wildman–Crippen MR) is 214 cm³/mol. The molecule has 302 valence electrons. The van der Waals surface area contributed by atoms with Gasteiger partial charge in [0.05, 0.1) is 38.8 Å². The topological polar surface area (TPSA) is 170 Å². The number of aliphatic hydroxyl groups is 1. The van der Waals surface area contributed by atoms with Crippen LogP contribution in [0.15, 0.2) is 116 Å². The third kappa shape index (κ3) is 7.22. The highest BCUT2D eigenvalue weighted by atomic mass is 16.6. The van der Waals surface area contributed by atoms with Gasteiger partial charge in [-0.2, -0.15) is 0 Å². The first-order chi connectivity index (χ1) is 28.7. The van der Waals surface area contributed by atoms with Gasteiger partial charge in [-0.05, 0) is 41.0 Å². The molecule has 3 aliphatic heterocycles. The van der Waals surface area contributed by atoms with Crippen molar-refractivity contribution in [2.24, 2.45) is 11.8 Å². The molecule has 6 atom stereocenters. The molecule has 2 saturated heterocycles. The number of hydrogen-bond acceptors (Lipinski definition) is 11. The molecule has 0 aromatic heterocycles. The average Bonchev–Trinajstić information content (AvgIpc) is 3.74. The largest absolute Gasteiger partial charge is 0.491 e. The number of para-hydroxylation sites is 1. The van der Waals surface area contributed by atoms with Crippen LogP contribution in [-0.2, 0) is 43.6 Å². The van der Waals surface area contributed by atoms with E-state index in [9.17, 15) is 24.3 Å². The number of anilines is 1. The van der Waals surface area contributed by atoms with Gasteiger partial charge in [0.15, 0.2) is 5.92 Å². The first-order valence-electron chi connectivity index (χ1n) is 19.1. The molecule has 1 spiro atoms. The van der Waals surface area contributed by atoms with Gasteiger partial charge in [-0.3, -0.25) is 28.9 Å². The predicted octanol–water partition coefficient (Wildman–Crippen LogP) is 4.33. The Kier molecular flexibility index (Phi) is 11.9. The number of cyclic esters (lactones) is 1. The summed E-state index contributed by atoms with van der Waals surface area (Å²) in [4.78, 5) is 71.9. The van der Waals surface area contributed by atoms with Crippen LogP contribution in [0.1, 0.15) is 52.4 Å². The first-order valence-corrected chi connectivity index (χ1v) is 19.1. The summed E-state index contributed by atoms with van der Waals surface area (Å²) < 4.78 is 22.2. The Balaban J connectivity index is 1.51. The number of carbonyl (C=O) groups excluding carboxylic acids is 5. The SMILES string of the molecule is C=CCNC(=O)C1C2C(=O)OC(c3ccccc3)C(c3ccccc3)N2C(c2ccccc2OCCO)C12C(=O)Nc1ccc(C#CCC(C(=O)OC)C(=O)OC)cc12. The molecule has 2 amide bonds. The van der Waals surface area contributed by atoms with Gasteiger partial charge in [0, 0.05) is 29.8 Å². The lowest BCUT2D eigenvalue weighted by Gasteiger charge is -2.46. The smallest absolute Gasteiger partial charge is 0.324 e. The van der Waals surface area contributed by atoms with Crippen LogP contribution < -0.4 is 15.4 Å². The molecular weight excluding hydrogens is 755 g/mol. The summed E-state index contributed by atoms with van der Waals surface area (Å²) in [7, 11) is 2.33. The standard InChI is InChI=1S/C46H43N3O10/c1-4-24-47-41(51)36-38-44(54)59-39(30-17-9-6-10-18-30)37(29-15-7-5-8-16-29)49(38)40(31-19-11-12-21-35(31)58-26-25-50)46(36)33-27-28(22-23-34(33)48-45(46)55)14-13-20-32(42(52)56-2)43(53)57-3/h4-12,15-19,21-23,27,32,36-40,50H,1,20,24-26H2,2-3H3,(H,47,51)(H,48,55). The number of fused-ring (bicyclic) bond motifs is 3. The Morgan fingerprint density at radius 1 is 0.932 bits per heavy atom. The third-order valence-corrected chi connectivity index (χ3v) is 11.1. The molecule has 6 unspecified atom stereocenters. The van der Waals surface area contributed by atoms with E-state index in [1.807, 2.05) is 65.6 Å². The maximum absolute atomic E-state index is 15.3. The molecule has 0 aliphatic carbocycles. The Morgan fingerprint density at radius 2 is 1.59 bits per heavy atom. The highest BCUT2D eigenvalue weighted by Gasteiger charge is 2.74. The van der Waals surface area contributed by atoms with E-state index in [1.165, 1.54) is 6.08 Å². The number of morpholine rings is 1. The van der Waals surface area contributed by atoms with E-state index in [-0.39, 0.29) is 26.2 Å². The third-order valence-electron chi connectivity index (χ3n) is 11.1. The molecule has 13 nitrogen and oxygen atoms in total. The molecule has 0 saturated carbocycles. The lowest BCUT2D eigenvalue weighted by molar-refractivity contribution is -0.178. The van der Waals surface area contributed by atoms with E-state index in [1.54, 1.807) is 42.5 Å². The monoisotopic (exact) mass is 797 g/mol. The van der Waals surface area contributed by atoms with Gasteiger partial charge < -0.3 is 34.7 Å². The molecule has 59 heavy (non-hydrogen) atoms. The number of nitrogens with one attached hydrogen (secondary N) is 2. The minimum absolute atomic E-state index is 0.0460. The number of rotatable bonds is 12. The van der Waals surface area contributed by atoms with Crippen LogP contribution in [0.4, 0.5) is 5.69 Å². The van der Waals surface area contributed by atoms with Crippen molar-refractivity contribution in [2.75, 3.05) is 39.3 Å². The molecular formula is C46H43N3O10. The summed E-state index contributed by atoms with van der Waals surface area (Å²) >= 11 is 0. The highest BCUT2D eigenvalue weighted by molar-refractivity contribution is 6.12. The van der Waals surface area contributed by atoms with Gasteiger partial charge in [0.1, 0.15) is 29.9 Å². The molecule has 4 aromatic rings. The summed E-state index contributed by atoms with van der Waals surface area (Å²) in [5, 5.41) is 15.8. The number of carbonyl (C=O) groups is 5. The zero-order chi connectivity index (χ0) is 41.7. The number of methoxy groups -OCH3 is 2. The van der Waals surface area contributed by atoms with Crippen molar-refractivity contribution in [1.82, 2.24) is 10.2 Å². The van der Waals surface area contributed by atoms with E-state index >= 15 is 4.79 Å². The number of nitrogens with zero attached hydrogens (tertiary/aromatic N) is 1. The first kappa shape index (κ1) is 40.4. The Bertz CT molecular complexity index is 2310. The number of amides is 2. The molecule has 0 radical (unpaired) electrons. The van der Waals surface area contributed by atoms with E-state index < -0.39 is 71.2 Å². The number of aliphatic hydroxyl groups excluding tert-OH is 1. The molecule has 3 N–H and O–H groups in total. The maximum Gasteiger partial charge on any atom is 0.324 e. The summed E-state index contributed by atoms with van der Waals surface area (Å²) in [5.41, 5.74) is 1.31. The van der Waals surface area contributed by atoms with Crippen molar-refractivity contribution in [3.8, 4) is 17.6 Å². The van der Waals surface area contributed by atoms with E-state index in [0.717, 1.165) is 19.8 Å². The second kappa shape index (κ2) is 17.4. The van der Waals surface area contributed by atoms with E-state index in [2.05, 4.69) is 29.1 Å². The highest BCUT2D eigenvalue weighted by Crippen LogP contribution is 2.65. The average molecular weight is 798 g/mol. The number of hydrogen-bond donors (Lipinski definition) is 3. The second-order valence-corrected chi connectivity index (χ2v) is 14.2. The van der Waals surface area contributed by atoms with Crippen molar-refractivity contribution in [2.45, 2.75) is 36.1 Å². The van der Waals surface area contributed by atoms with Crippen molar-refractivity contribution in [1.29, 1.82) is 0 Å². The Labute approximate surface area is 341 Å². The summed E-state index contributed by atoms with van der Waals surface area (Å²) in [6, 6.07) is 27.8. The molecule has 3 heterocycles. The van der Waals surface area contributed by atoms with Crippen LogP contribution in [0.2, 0.25) is 0 Å². The zero-order valence-corrected chi connectivity index (χ0v) is 32.5. The zero-order valence-electron chi connectivity index (χ0n) is 32.5. The number of benzene rings is 4. The minimum Gasteiger partial charge on any atom is -0.491 e. The summed E-state index contributed by atoms with van der Waals surface area (Å²) in [6.45, 7) is 3.45. The quantitative estimate of drug-likeness (QED) is 0.0613. The van der Waals surface area contributed by atoms with Crippen LogP contribution in [0.25, 0.3) is 0 Å². The molecule has 4 aromatic carbocycles. The fourth-order valence-electron chi connectivity index (χ4n) is 8.72. The summed E-state index contributed by atoms with van der Waals surface area (Å²) in [6.07, 6.45) is 0.419. The molecule has 3 aliphatic rings. The number of ether oxygens (including phenoxy) is 4. The maximum atomic E-state index is 15.3. The summed E-state index contributed by atoms with van der Waals surface area (Å²) in [5.74, 6) is 0.131. The molecule has 13 heteroatoms. The van der Waals surface area contributed by atoms with Gasteiger partial charge in [0.25, 0.3) is 0 Å². The second-order valence-electron chi connectivity index (χ2n) is 14.2. The van der Waals surface area contributed by atoms with E-state index in [0.29, 0.717) is 33.7 Å². The Hall–Kier alpha value is -6.75. The lowest BCUT2D eigenvalue weighted by atomic mass is 9.65. The molecule has 2 fully saturated rings. The fourth-order valence-corrected chi connectivity index (χ4v) is 8.72. The van der Waals surface area contributed by atoms with Gasteiger partial charge in [-0.1, -0.05) is 96.8 Å². The molecule has 0 bridgehead atoms. The van der Waals surface area contributed by atoms with Gasteiger partial charge >= 0.3 is 17.9 Å². The van der Waals surface area contributed by atoms with Crippen LogP contribution in [0.3, 0.4) is 0 Å². The van der Waals surface area contributed by atoms with Crippen molar-refractivity contribution in [3.63, 3.8) is 0 Å². The minimum atomic E-state index is -1.83. The van der Waals surface area contributed by atoms with Crippen LogP contribution in [0.5, 0.6) is 5.75 Å². The van der Waals surface area contributed by atoms with Crippen molar-refractivity contribution in [3.05, 3.63) is 144 Å². The van der Waals surface area contributed by atoms with Crippen molar-refractivity contribution >= 4 is 35.4 Å². The van der Waals surface area contributed by atoms with Gasteiger partial charge in [0.2, 0.25) is 11.8 Å².